The number of likely N-dealkylation sites (tertiary alicyclic amines) is 1. The van der Waals surface area contributed by atoms with Gasteiger partial charge in [-0.05, 0) is 32.1 Å². The van der Waals surface area contributed by atoms with Gasteiger partial charge in [0.05, 0.1) is 5.25 Å². The summed E-state index contributed by atoms with van der Waals surface area (Å²) in [5.74, 6) is -0.189. The standard InChI is InChI=1S/C14H25NO4S/c1-20(18,19)12-6-5-10-15(11-7-12)13(16)14(17)8-3-2-4-9-14/h12,17H,2-11H2,1H3. The number of hydrogen-bond donors (Lipinski definition) is 1. The van der Waals surface area contributed by atoms with Crippen molar-refractivity contribution in [3.05, 3.63) is 0 Å². The molecule has 0 aromatic carbocycles. The van der Waals surface area contributed by atoms with E-state index in [0.717, 1.165) is 19.3 Å². The summed E-state index contributed by atoms with van der Waals surface area (Å²) in [6.07, 6.45) is 7.00. The topological polar surface area (TPSA) is 74.7 Å². The maximum absolute atomic E-state index is 12.5. The Kier molecular flexibility index (Phi) is 4.74. The van der Waals surface area contributed by atoms with Crippen LogP contribution in [0.3, 0.4) is 0 Å². The molecule has 1 N–H and O–H groups in total. The van der Waals surface area contributed by atoms with Gasteiger partial charge in [-0.3, -0.25) is 4.79 Å². The number of amides is 1. The summed E-state index contributed by atoms with van der Waals surface area (Å²) in [6.45, 7) is 1.01. The molecule has 2 rings (SSSR count). The Labute approximate surface area is 121 Å². The highest BCUT2D eigenvalue weighted by molar-refractivity contribution is 7.91. The van der Waals surface area contributed by atoms with Gasteiger partial charge in [-0.1, -0.05) is 19.3 Å². The third-order valence-corrected chi connectivity index (χ3v) is 6.33. The Morgan fingerprint density at radius 1 is 1.10 bits per heavy atom. The zero-order chi connectivity index (χ0) is 14.8. The molecular formula is C14H25NO4S. The lowest BCUT2D eigenvalue weighted by Crippen LogP contribution is -2.50. The molecule has 20 heavy (non-hydrogen) atoms. The fourth-order valence-corrected chi connectivity index (χ4v) is 4.47. The zero-order valence-electron chi connectivity index (χ0n) is 12.2. The molecule has 2 fully saturated rings. The molecule has 0 bridgehead atoms. The summed E-state index contributed by atoms with van der Waals surface area (Å²) in [4.78, 5) is 14.2. The number of carbonyl (C=O) groups is 1. The first kappa shape index (κ1) is 15.8. The second-order valence-corrected chi connectivity index (χ2v) is 8.59. The molecule has 1 saturated heterocycles. The van der Waals surface area contributed by atoms with Crippen LogP contribution in [0.2, 0.25) is 0 Å². The van der Waals surface area contributed by atoms with E-state index >= 15 is 0 Å². The lowest BCUT2D eigenvalue weighted by molar-refractivity contribution is -0.154. The monoisotopic (exact) mass is 303 g/mol. The Bertz CT molecular complexity index is 454. The van der Waals surface area contributed by atoms with Crippen molar-refractivity contribution < 1.29 is 18.3 Å². The van der Waals surface area contributed by atoms with Crippen molar-refractivity contribution in [3.63, 3.8) is 0 Å². The van der Waals surface area contributed by atoms with Crippen LogP contribution in [0.1, 0.15) is 51.4 Å². The molecule has 1 atom stereocenters. The predicted molar refractivity (Wildman–Crippen MR) is 77.1 cm³/mol. The van der Waals surface area contributed by atoms with Gasteiger partial charge < -0.3 is 10.0 Å². The molecule has 1 aliphatic heterocycles. The van der Waals surface area contributed by atoms with Gasteiger partial charge >= 0.3 is 0 Å². The number of aliphatic hydroxyl groups is 1. The molecule has 116 valence electrons. The highest BCUT2D eigenvalue weighted by Gasteiger charge is 2.40. The number of nitrogens with zero attached hydrogens (tertiary/aromatic N) is 1. The molecule has 1 aliphatic carbocycles. The molecule has 0 aromatic heterocycles. The lowest BCUT2D eigenvalue weighted by atomic mass is 9.83. The van der Waals surface area contributed by atoms with E-state index in [1.54, 1.807) is 4.90 Å². The number of carbonyl (C=O) groups excluding carboxylic acids is 1. The van der Waals surface area contributed by atoms with Crippen molar-refractivity contribution >= 4 is 15.7 Å². The van der Waals surface area contributed by atoms with Gasteiger partial charge in [0.1, 0.15) is 15.4 Å². The van der Waals surface area contributed by atoms with Crippen LogP contribution in [0.25, 0.3) is 0 Å². The van der Waals surface area contributed by atoms with Gasteiger partial charge in [-0.2, -0.15) is 0 Å². The van der Waals surface area contributed by atoms with Crippen molar-refractivity contribution in [2.75, 3.05) is 19.3 Å². The Morgan fingerprint density at radius 3 is 2.35 bits per heavy atom. The Balaban J connectivity index is 2.01. The number of rotatable bonds is 2. The van der Waals surface area contributed by atoms with Gasteiger partial charge in [0.25, 0.3) is 5.91 Å². The highest BCUT2D eigenvalue weighted by atomic mass is 32.2. The highest BCUT2D eigenvalue weighted by Crippen LogP contribution is 2.31. The maximum Gasteiger partial charge on any atom is 0.254 e. The summed E-state index contributed by atoms with van der Waals surface area (Å²) in [5, 5.41) is 10.2. The fraction of sp³-hybridized carbons (Fsp3) is 0.929. The summed E-state index contributed by atoms with van der Waals surface area (Å²) in [5.41, 5.74) is -1.21. The van der Waals surface area contributed by atoms with Crippen molar-refractivity contribution in [2.24, 2.45) is 0 Å². The molecule has 1 heterocycles. The quantitative estimate of drug-likeness (QED) is 0.829. The average Bonchev–Trinajstić information content (AvgIpc) is 2.64. The van der Waals surface area contributed by atoms with Crippen LogP contribution in [0, 0.1) is 0 Å². The summed E-state index contributed by atoms with van der Waals surface area (Å²) >= 11 is 0. The van der Waals surface area contributed by atoms with E-state index in [-0.39, 0.29) is 11.2 Å². The second-order valence-electron chi connectivity index (χ2n) is 6.27. The van der Waals surface area contributed by atoms with Gasteiger partial charge in [0, 0.05) is 19.3 Å². The van der Waals surface area contributed by atoms with Crippen LogP contribution >= 0.6 is 0 Å². The third kappa shape index (κ3) is 3.52. The second kappa shape index (κ2) is 6.02. The third-order valence-electron chi connectivity index (χ3n) is 4.65. The minimum absolute atomic E-state index is 0.189. The van der Waals surface area contributed by atoms with E-state index in [1.807, 2.05) is 0 Å². The van der Waals surface area contributed by atoms with Gasteiger partial charge in [-0.25, -0.2) is 8.42 Å². The van der Waals surface area contributed by atoms with E-state index < -0.39 is 15.4 Å². The molecule has 2 aliphatic rings. The zero-order valence-corrected chi connectivity index (χ0v) is 13.0. The molecule has 1 saturated carbocycles. The average molecular weight is 303 g/mol. The molecule has 1 unspecified atom stereocenters. The van der Waals surface area contributed by atoms with Crippen LogP contribution < -0.4 is 0 Å². The summed E-state index contributed by atoms with van der Waals surface area (Å²) in [6, 6.07) is 0. The normalized spacial score (nSPS) is 27.9. The van der Waals surface area contributed by atoms with E-state index in [4.69, 9.17) is 0 Å². The molecule has 5 nitrogen and oxygen atoms in total. The van der Waals surface area contributed by atoms with Crippen molar-refractivity contribution in [1.29, 1.82) is 0 Å². The number of sulfone groups is 1. The van der Waals surface area contributed by atoms with E-state index in [9.17, 15) is 18.3 Å². The Hall–Kier alpha value is -0.620. The Morgan fingerprint density at radius 2 is 1.75 bits per heavy atom. The molecule has 0 spiro atoms. The molecule has 1 amide bonds. The van der Waals surface area contributed by atoms with Gasteiger partial charge in [0.15, 0.2) is 0 Å². The maximum atomic E-state index is 12.5. The van der Waals surface area contributed by atoms with Crippen LogP contribution in [0.15, 0.2) is 0 Å². The first-order chi connectivity index (χ1) is 9.33. The van der Waals surface area contributed by atoms with Crippen molar-refractivity contribution in [1.82, 2.24) is 4.90 Å². The minimum atomic E-state index is -3.04. The summed E-state index contributed by atoms with van der Waals surface area (Å²) < 4.78 is 23.3. The first-order valence-electron chi connectivity index (χ1n) is 7.53. The van der Waals surface area contributed by atoms with Crippen LogP contribution in [-0.2, 0) is 14.6 Å². The van der Waals surface area contributed by atoms with E-state index in [0.29, 0.717) is 45.2 Å². The largest absolute Gasteiger partial charge is 0.380 e. The van der Waals surface area contributed by atoms with Crippen LogP contribution in [0.5, 0.6) is 0 Å². The lowest BCUT2D eigenvalue weighted by Gasteiger charge is -2.35. The van der Waals surface area contributed by atoms with Gasteiger partial charge in [-0.15, -0.1) is 0 Å². The SMILES string of the molecule is CS(=O)(=O)C1CCCN(C(=O)C2(O)CCCCC2)CC1. The van der Waals surface area contributed by atoms with Crippen molar-refractivity contribution in [3.8, 4) is 0 Å². The number of hydrogen-bond acceptors (Lipinski definition) is 4. The summed E-state index contributed by atoms with van der Waals surface area (Å²) in [7, 11) is -3.04. The smallest absolute Gasteiger partial charge is 0.254 e. The van der Waals surface area contributed by atoms with E-state index in [2.05, 4.69) is 0 Å². The van der Waals surface area contributed by atoms with E-state index in [1.165, 1.54) is 6.26 Å². The molecule has 0 radical (unpaired) electrons. The first-order valence-corrected chi connectivity index (χ1v) is 9.49. The van der Waals surface area contributed by atoms with Gasteiger partial charge in [0.2, 0.25) is 0 Å². The fourth-order valence-electron chi connectivity index (χ4n) is 3.34. The van der Waals surface area contributed by atoms with Crippen molar-refractivity contribution in [2.45, 2.75) is 62.2 Å². The molecule has 0 aromatic rings. The minimum Gasteiger partial charge on any atom is -0.380 e. The van der Waals surface area contributed by atoms with Crippen LogP contribution in [-0.4, -0.2) is 54.5 Å². The predicted octanol–water partition coefficient (Wildman–Crippen LogP) is 1.11. The molecule has 6 heteroatoms. The van der Waals surface area contributed by atoms with Crippen LogP contribution in [0.4, 0.5) is 0 Å². The molecular weight excluding hydrogens is 278 g/mol.